The number of carbonyl (C=O) groups excluding carboxylic acids is 1. The number of benzene rings is 1. The number of fused-ring (bicyclic) bond motifs is 8. The van der Waals surface area contributed by atoms with Gasteiger partial charge in [-0.15, -0.1) is 22.1 Å². The first kappa shape index (κ1) is 41.7. The van der Waals surface area contributed by atoms with Crippen LogP contribution in [0.4, 0.5) is 0 Å². The van der Waals surface area contributed by atoms with Crippen LogP contribution >= 0.6 is 0 Å². The Bertz CT molecular complexity index is 2870. The Kier molecular flexibility index (Phi) is 13.0. The monoisotopic (exact) mass is 845 g/mol. The molecule has 0 spiro atoms. The molecule has 0 saturated heterocycles. The van der Waals surface area contributed by atoms with Crippen molar-refractivity contribution in [1.82, 2.24) is 34.9 Å². The Labute approximate surface area is 361 Å². The number of unbranched alkanes of at least 4 members (excludes halogenated alkanes) is 1. The van der Waals surface area contributed by atoms with Gasteiger partial charge in [0.2, 0.25) is 0 Å². The van der Waals surface area contributed by atoms with Crippen molar-refractivity contribution < 1.29 is 41.6 Å². The van der Waals surface area contributed by atoms with Crippen LogP contribution < -0.4 is 19.8 Å². The van der Waals surface area contributed by atoms with Crippen molar-refractivity contribution in [2.24, 2.45) is 0 Å². The zero-order chi connectivity index (χ0) is 41.4. The molecule has 0 aliphatic carbocycles. The molecule has 8 heterocycles. The molecule has 13 heteroatoms. The van der Waals surface area contributed by atoms with E-state index in [0.29, 0.717) is 25.2 Å². The fourth-order valence-corrected chi connectivity index (χ4v) is 7.11. The van der Waals surface area contributed by atoms with Gasteiger partial charge in [0.25, 0.3) is 0 Å². The molecule has 1 N–H and O–H groups in total. The summed E-state index contributed by atoms with van der Waals surface area (Å²) in [5.41, 5.74) is 13.3. The average Bonchev–Trinajstić information content (AvgIpc) is 4.10. The van der Waals surface area contributed by atoms with E-state index in [4.69, 9.17) is 39.7 Å². The summed E-state index contributed by atoms with van der Waals surface area (Å²) in [5.74, 6) is -1.18. The van der Waals surface area contributed by atoms with Crippen LogP contribution in [0.1, 0.15) is 49.0 Å². The van der Waals surface area contributed by atoms with Crippen LogP contribution in [-0.2, 0) is 26.7 Å². The maximum absolute atomic E-state index is 10.9. The van der Waals surface area contributed by atoms with Gasteiger partial charge in [-0.1, -0.05) is 36.4 Å². The summed E-state index contributed by atoms with van der Waals surface area (Å²) >= 11 is 0. The van der Waals surface area contributed by atoms with E-state index in [-0.39, 0.29) is 23.5 Å². The summed E-state index contributed by atoms with van der Waals surface area (Å²) in [4.78, 5) is 53.8. The van der Waals surface area contributed by atoms with Gasteiger partial charge in [0, 0.05) is 49.6 Å². The Morgan fingerprint density at radius 3 is 1.20 bits per heavy atom. The van der Waals surface area contributed by atoms with Crippen molar-refractivity contribution in [2.45, 2.75) is 26.2 Å². The Hall–Kier alpha value is -7.47. The van der Waals surface area contributed by atoms with Gasteiger partial charge in [-0.2, -0.15) is 0 Å². The Morgan fingerprint density at radius 2 is 0.869 bits per heavy atom. The van der Waals surface area contributed by atoms with Crippen LogP contribution in [0.5, 0.6) is 5.75 Å². The van der Waals surface area contributed by atoms with Crippen molar-refractivity contribution in [1.29, 1.82) is 0 Å². The minimum atomic E-state index is -1.08. The number of ether oxygens (including phenoxy) is 1. The van der Waals surface area contributed by atoms with Crippen LogP contribution in [0.25, 0.3) is 90.9 Å². The number of aromatic nitrogens is 7. The van der Waals surface area contributed by atoms with E-state index in [1.807, 2.05) is 109 Å². The van der Waals surface area contributed by atoms with E-state index < -0.39 is 11.9 Å². The zero-order valence-electron chi connectivity index (χ0n) is 32.8. The van der Waals surface area contributed by atoms with Crippen LogP contribution in [0.3, 0.4) is 0 Å². The second-order valence-corrected chi connectivity index (χ2v) is 13.8. The molecule has 300 valence electrons. The topological polar surface area (TPSA) is 179 Å². The summed E-state index contributed by atoms with van der Waals surface area (Å²) in [7, 11) is 0. The molecule has 0 saturated carbocycles. The molecule has 12 nitrogen and oxygen atoms in total. The summed E-state index contributed by atoms with van der Waals surface area (Å²) in [6, 6.07) is 27.9. The van der Waals surface area contributed by atoms with Crippen molar-refractivity contribution in [3.05, 3.63) is 145 Å². The van der Waals surface area contributed by atoms with Gasteiger partial charge in [-0.05, 0) is 137 Å². The molecule has 0 amide bonds. The first-order valence-electron chi connectivity index (χ1n) is 19.2. The van der Waals surface area contributed by atoms with E-state index in [9.17, 15) is 4.79 Å². The molecule has 6 aromatic heterocycles. The largest absolute Gasteiger partial charge is 3.00 e. The van der Waals surface area contributed by atoms with E-state index >= 15 is 0 Å². The molecule has 7 aromatic rings. The van der Waals surface area contributed by atoms with Gasteiger partial charge >= 0.3 is 23.0 Å². The normalized spacial score (nSPS) is 11.3. The minimum Gasteiger partial charge on any atom is -0.657 e. The fraction of sp³-hybridized carbons (Fsp3) is 0.104. The summed E-state index contributed by atoms with van der Waals surface area (Å²) in [6.45, 7) is 1.41. The zero-order valence-corrected chi connectivity index (χ0v) is 34.0. The quantitative estimate of drug-likeness (QED) is 0.103. The van der Waals surface area contributed by atoms with E-state index in [1.165, 1.54) is 0 Å². The maximum atomic E-state index is 10.9. The minimum absolute atomic E-state index is 0. The standard InChI is InChI=1S/C46H34N7O3.C2H4O2.Mn/c54-42(55)3-1-2-28-56-33-6-4-29(5-7-33)43-34-8-10-36(50-34)44(30-16-22-47-23-17-30)38-12-14-40(52-38)46(32-20-26-49-27-21-32)41-15-13-39(53-41)45(31-18-24-48-25-19-31)37-11-9-35(43)51-37;1-2(3)4;/h4-27H,1-3,28H2,(H2-,47,48,49,50,51,52,53,54,55);1H3,(H,3,4);/q-1;;+3/p-2. The maximum Gasteiger partial charge on any atom is 3.00 e. The number of pyridine rings is 3. The number of nitrogens with zero attached hydrogens (tertiary/aromatic N) is 7. The van der Waals surface area contributed by atoms with Gasteiger partial charge in [-0.3, -0.25) is 19.7 Å². The molecule has 0 unspecified atom stereocenters. The number of rotatable bonds is 10. The average molecular weight is 846 g/mol. The summed E-state index contributed by atoms with van der Waals surface area (Å²) < 4.78 is 5.97. The third kappa shape index (κ3) is 9.55. The van der Waals surface area contributed by atoms with Gasteiger partial charge < -0.3 is 29.7 Å². The first-order chi connectivity index (χ1) is 29.3. The number of hydrogen-bond acceptors (Lipinski definition) is 9. The first-order valence-corrected chi connectivity index (χ1v) is 19.2. The number of carbonyl (C=O) groups is 2. The van der Waals surface area contributed by atoms with E-state index in [0.717, 1.165) is 96.3 Å². The van der Waals surface area contributed by atoms with E-state index in [2.05, 4.69) is 15.0 Å². The van der Waals surface area contributed by atoms with Gasteiger partial charge in [0.05, 0.1) is 29.4 Å². The fourth-order valence-electron chi connectivity index (χ4n) is 7.11. The van der Waals surface area contributed by atoms with Crippen molar-refractivity contribution in [2.75, 3.05) is 6.61 Å². The Morgan fingerprint density at radius 1 is 0.541 bits per heavy atom. The van der Waals surface area contributed by atoms with Crippen LogP contribution in [0.15, 0.2) is 122 Å². The van der Waals surface area contributed by atoms with Crippen LogP contribution in [-0.4, -0.2) is 48.6 Å². The van der Waals surface area contributed by atoms with Crippen LogP contribution in [0.2, 0.25) is 0 Å². The van der Waals surface area contributed by atoms with Gasteiger partial charge in [-0.25, -0.2) is 9.97 Å². The number of carboxylic acids is 2. The molecule has 0 atom stereocenters. The van der Waals surface area contributed by atoms with Crippen molar-refractivity contribution in [3.8, 4) is 50.3 Å². The third-order valence-corrected chi connectivity index (χ3v) is 9.71. The van der Waals surface area contributed by atoms with Gasteiger partial charge in [0.1, 0.15) is 5.75 Å². The molecular weight excluding hydrogens is 810 g/mol. The molecule has 0 radical (unpaired) electrons. The van der Waals surface area contributed by atoms with Crippen molar-refractivity contribution >= 4 is 58.3 Å². The smallest absolute Gasteiger partial charge is 0.657 e. The molecule has 0 fully saturated rings. The van der Waals surface area contributed by atoms with Crippen LogP contribution in [0, 0.1) is 0 Å². The number of hydrogen-bond donors (Lipinski definition) is 1. The molecule has 2 aliphatic rings. The van der Waals surface area contributed by atoms with Crippen molar-refractivity contribution in [3.63, 3.8) is 0 Å². The predicted molar refractivity (Wildman–Crippen MR) is 230 cm³/mol. The Balaban J connectivity index is 0.00000108. The second-order valence-electron chi connectivity index (χ2n) is 13.8. The molecule has 61 heavy (non-hydrogen) atoms. The number of carboxylic acid groups (broad SMARTS) is 2. The third-order valence-electron chi connectivity index (χ3n) is 9.71. The van der Waals surface area contributed by atoms with E-state index in [1.54, 1.807) is 37.2 Å². The predicted octanol–water partition coefficient (Wildman–Crippen LogP) is 8.15. The molecule has 9 rings (SSSR count). The molecular formula is C48H36MnN7O5. The second kappa shape index (κ2) is 19.1. The number of aliphatic carboxylic acids is 2. The SMILES string of the molecule is CC(=O)[O-].O=C(O)CCCCOc1ccc(-c2c3nc(c(-c4ccncc4)c4ccc([n-]4)c(-c4ccncc4)c4nc(c(-c5ccncc5)c5ccc2[n-]5)C=C4)C=C3)cc1.[Mn+3]. The van der Waals surface area contributed by atoms with Gasteiger partial charge in [0.15, 0.2) is 0 Å². The molecule has 1 aromatic carbocycles. The molecule has 2 aliphatic heterocycles. The summed E-state index contributed by atoms with van der Waals surface area (Å²) in [6.07, 6.45) is 20.1. The summed E-state index contributed by atoms with van der Waals surface area (Å²) in [5, 5.41) is 17.9. The molecule has 8 bridgehead atoms.